The minimum absolute atomic E-state index is 0.751. The highest BCUT2D eigenvalue weighted by atomic mass is 32.1. The van der Waals surface area contributed by atoms with Gasteiger partial charge >= 0.3 is 0 Å². The van der Waals surface area contributed by atoms with Crippen LogP contribution < -0.4 is 5.32 Å². The summed E-state index contributed by atoms with van der Waals surface area (Å²) in [6.07, 6.45) is 10.9. The molecule has 2 nitrogen and oxygen atoms in total. The fourth-order valence-electron chi connectivity index (χ4n) is 3.21. The molecule has 1 aliphatic carbocycles. The molecule has 2 atom stereocenters. The van der Waals surface area contributed by atoms with E-state index in [4.69, 9.17) is 0 Å². The van der Waals surface area contributed by atoms with Crippen LogP contribution in [0.3, 0.4) is 0 Å². The SMILES string of the molecule is CCCC1CCCC(NCCc2csc(C)n2)CC1. The summed E-state index contributed by atoms with van der Waals surface area (Å²) >= 11 is 1.76. The van der Waals surface area contributed by atoms with Crippen molar-refractivity contribution in [3.63, 3.8) is 0 Å². The van der Waals surface area contributed by atoms with Crippen LogP contribution in [0, 0.1) is 12.8 Å². The van der Waals surface area contributed by atoms with E-state index in [1.807, 2.05) is 0 Å². The van der Waals surface area contributed by atoms with Crippen molar-refractivity contribution in [1.29, 1.82) is 0 Å². The predicted octanol–water partition coefficient (Wildman–Crippen LogP) is 4.33. The van der Waals surface area contributed by atoms with Gasteiger partial charge in [0.15, 0.2) is 0 Å². The van der Waals surface area contributed by atoms with E-state index in [0.717, 1.165) is 24.9 Å². The zero-order chi connectivity index (χ0) is 13.5. The van der Waals surface area contributed by atoms with Gasteiger partial charge in [-0.05, 0) is 32.1 Å². The molecule has 1 N–H and O–H groups in total. The molecule has 1 aromatic rings. The van der Waals surface area contributed by atoms with Crippen molar-refractivity contribution in [1.82, 2.24) is 10.3 Å². The Bertz CT molecular complexity index is 361. The fourth-order valence-corrected chi connectivity index (χ4v) is 3.85. The topological polar surface area (TPSA) is 24.9 Å². The minimum Gasteiger partial charge on any atom is -0.314 e. The molecule has 3 heteroatoms. The Labute approximate surface area is 122 Å². The van der Waals surface area contributed by atoms with Gasteiger partial charge in [-0.2, -0.15) is 0 Å². The van der Waals surface area contributed by atoms with Crippen LogP contribution in [0.1, 0.15) is 62.6 Å². The lowest BCUT2D eigenvalue weighted by Crippen LogP contribution is -2.30. The quantitative estimate of drug-likeness (QED) is 0.784. The number of hydrogen-bond donors (Lipinski definition) is 1. The summed E-state index contributed by atoms with van der Waals surface area (Å²) in [4.78, 5) is 4.53. The highest BCUT2D eigenvalue weighted by Gasteiger charge is 2.17. The first-order chi connectivity index (χ1) is 9.28. The molecule has 1 saturated carbocycles. The maximum absolute atomic E-state index is 4.53. The van der Waals surface area contributed by atoms with Gasteiger partial charge in [0.2, 0.25) is 0 Å². The van der Waals surface area contributed by atoms with Crippen molar-refractivity contribution in [2.45, 2.75) is 71.3 Å². The van der Waals surface area contributed by atoms with E-state index in [0.29, 0.717) is 0 Å². The lowest BCUT2D eigenvalue weighted by atomic mass is 9.95. The molecule has 0 bridgehead atoms. The van der Waals surface area contributed by atoms with E-state index in [9.17, 15) is 0 Å². The summed E-state index contributed by atoms with van der Waals surface area (Å²) in [6, 6.07) is 0.751. The lowest BCUT2D eigenvalue weighted by Gasteiger charge is -2.16. The highest BCUT2D eigenvalue weighted by molar-refractivity contribution is 7.09. The molecule has 2 unspecified atom stereocenters. The van der Waals surface area contributed by atoms with E-state index in [2.05, 4.69) is 29.5 Å². The van der Waals surface area contributed by atoms with Gasteiger partial charge in [-0.3, -0.25) is 0 Å². The predicted molar refractivity (Wildman–Crippen MR) is 83.8 cm³/mol. The lowest BCUT2D eigenvalue weighted by molar-refractivity contribution is 0.410. The van der Waals surface area contributed by atoms with Gasteiger partial charge in [-0.25, -0.2) is 4.98 Å². The molecule has 0 aliphatic heterocycles. The maximum atomic E-state index is 4.53. The average molecular weight is 280 g/mol. The number of aromatic nitrogens is 1. The Kier molecular flexibility index (Phi) is 6.32. The number of hydrogen-bond acceptors (Lipinski definition) is 3. The second-order valence-electron chi connectivity index (χ2n) is 5.92. The van der Waals surface area contributed by atoms with Gasteiger partial charge in [-0.15, -0.1) is 11.3 Å². The Hall–Kier alpha value is -0.410. The number of nitrogens with zero attached hydrogens (tertiary/aromatic N) is 1. The van der Waals surface area contributed by atoms with Crippen molar-refractivity contribution >= 4 is 11.3 Å². The largest absolute Gasteiger partial charge is 0.314 e. The van der Waals surface area contributed by atoms with Crippen LogP contribution in [-0.4, -0.2) is 17.6 Å². The zero-order valence-corrected chi connectivity index (χ0v) is 13.3. The summed E-state index contributed by atoms with van der Waals surface area (Å²) in [5, 5.41) is 7.13. The molecule has 0 aromatic carbocycles. The maximum Gasteiger partial charge on any atom is 0.0897 e. The van der Waals surface area contributed by atoms with E-state index < -0.39 is 0 Å². The van der Waals surface area contributed by atoms with Crippen molar-refractivity contribution in [2.75, 3.05) is 6.54 Å². The van der Waals surface area contributed by atoms with Crippen LogP contribution in [0.2, 0.25) is 0 Å². The average Bonchev–Trinajstić information content (AvgIpc) is 2.67. The molecule has 0 saturated heterocycles. The third kappa shape index (κ3) is 5.23. The first-order valence-electron chi connectivity index (χ1n) is 7.92. The van der Waals surface area contributed by atoms with Gasteiger partial charge in [-0.1, -0.05) is 32.6 Å². The molecule has 1 heterocycles. The van der Waals surface area contributed by atoms with Crippen molar-refractivity contribution in [2.24, 2.45) is 5.92 Å². The van der Waals surface area contributed by atoms with E-state index in [-0.39, 0.29) is 0 Å². The van der Waals surface area contributed by atoms with E-state index >= 15 is 0 Å². The Morgan fingerprint density at radius 3 is 2.95 bits per heavy atom. The normalized spacial score (nSPS) is 24.3. The number of nitrogens with one attached hydrogen (secondary N) is 1. The summed E-state index contributed by atoms with van der Waals surface area (Å²) in [6.45, 7) is 5.49. The highest BCUT2D eigenvalue weighted by Crippen LogP contribution is 2.26. The van der Waals surface area contributed by atoms with Crippen LogP contribution in [-0.2, 0) is 6.42 Å². The van der Waals surface area contributed by atoms with Gasteiger partial charge < -0.3 is 5.32 Å². The van der Waals surface area contributed by atoms with Crippen molar-refractivity contribution < 1.29 is 0 Å². The summed E-state index contributed by atoms with van der Waals surface area (Å²) < 4.78 is 0. The van der Waals surface area contributed by atoms with Crippen molar-refractivity contribution in [3.05, 3.63) is 16.1 Å². The molecular weight excluding hydrogens is 252 g/mol. The molecule has 19 heavy (non-hydrogen) atoms. The van der Waals surface area contributed by atoms with Crippen LogP contribution >= 0.6 is 11.3 Å². The summed E-state index contributed by atoms with van der Waals surface area (Å²) in [7, 11) is 0. The van der Waals surface area contributed by atoms with Crippen LogP contribution in [0.5, 0.6) is 0 Å². The molecule has 1 aliphatic rings. The van der Waals surface area contributed by atoms with Gasteiger partial charge in [0.05, 0.1) is 10.7 Å². The monoisotopic (exact) mass is 280 g/mol. The second-order valence-corrected chi connectivity index (χ2v) is 6.98. The molecule has 0 spiro atoms. The van der Waals surface area contributed by atoms with Gasteiger partial charge in [0.25, 0.3) is 0 Å². The molecule has 1 fully saturated rings. The number of rotatable bonds is 6. The molecule has 2 rings (SSSR count). The summed E-state index contributed by atoms with van der Waals surface area (Å²) in [5.74, 6) is 0.998. The third-order valence-corrected chi connectivity index (χ3v) is 5.09. The smallest absolute Gasteiger partial charge is 0.0897 e. The Morgan fingerprint density at radius 2 is 2.21 bits per heavy atom. The zero-order valence-electron chi connectivity index (χ0n) is 12.5. The Morgan fingerprint density at radius 1 is 1.32 bits per heavy atom. The van der Waals surface area contributed by atoms with E-state index in [1.165, 1.54) is 55.6 Å². The molecule has 0 radical (unpaired) electrons. The van der Waals surface area contributed by atoms with Gasteiger partial charge in [0, 0.05) is 24.4 Å². The second kappa shape index (κ2) is 8.01. The fraction of sp³-hybridized carbons (Fsp3) is 0.812. The molecule has 0 amide bonds. The van der Waals surface area contributed by atoms with Crippen LogP contribution in [0.25, 0.3) is 0 Å². The molecule has 1 aromatic heterocycles. The third-order valence-electron chi connectivity index (χ3n) is 4.27. The first kappa shape index (κ1) is 15.0. The summed E-state index contributed by atoms with van der Waals surface area (Å²) in [5.41, 5.74) is 1.26. The van der Waals surface area contributed by atoms with Crippen LogP contribution in [0.4, 0.5) is 0 Å². The first-order valence-corrected chi connectivity index (χ1v) is 8.80. The minimum atomic E-state index is 0.751. The van der Waals surface area contributed by atoms with Crippen LogP contribution in [0.15, 0.2) is 5.38 Å². The Balaban J connectivity index is 1.65. The van der Waals surface area contributed by atoms with E-state index in [1.54, 1.807) is 11.3 Å². The van der Waals surface area contributed by atoms with Gasteiger partial charge in [0.1, 0.15) is 0 Å². The number of aryl methyl sites for hydroxylation is 1. The standard InChI is InChI=1S/C16H28N2S/c1-3-5-14-6-4-7-15(9-8-14)17-11-10-16-12-19-13(2)18-16/h12,14-15,17H,3-11H2,1-2H3. The number of thiazole rings is 1. The molecular formula is C16H28N2S. The van der Waals surface area contributed by atoms with Crippen molar-refractivity contribution in [3.8, 4) is 0 Å². The molecule has 108 valence electrons.